The molecule has 5 nitrogen and oxygen atoms in total. The van der Waals surface area contributed by atoms with Crippen LogP contribution in [0.15, 0.2) is 30.3 Å². The maximum Gasteiger partial charge on any atom is 0.304 e. The molecule has 19 heavy (non-hydrogen) atoms. The Balaban J connectivity index is 2.87. The van der Waals surface area contributed by atoms with Gasteiger partial charge in [-0.2, -0.15) is 4.31 Å². The van der Waals surface area contributed by atoms with E-state index in [0.29, 0.717) is 5.56 Å². The lowest BCUT2D eigenvalue weighted by atomic mass is 10.2. The summed E-state index contributed by atoms with van der Waals surface area (Å²) < 4.78 is 25.8. The van der Waals surface area contributed by atoms with E-state index in [0.717, 1.165) is 0 Å². The van der Waals surface area contributed by atoms with Crippen molar-refractivity contribution in [2.24, 2.45) is 0 Å². The molecule has 1 unspecified atom stereocenters. The van der Waals surface area contributed by atoms with Crippen LogP contribution in [0.1, 0.15) is 25.8 Å². The Labute approximate surface area is 113 Å². The molecular formula is C13H19NO4S. The number of rotatable bonds is 7. The first-order valence-electron chi connectivity index (χ1n) is 6.12. The molecule has 6 heteroatoms. The summed E-state index contributed by atoms with van der Waals surface area (Å²) in [7, 11) is -3.50. The SMILES string of the molecule is CCN(C(C)CC(=O)O)S(=O)(=O)Cc1ccccc1. The zero-order chi connectivity index (χ0) is 14.5. The number of carboxylic acid groups (broad SMARTS) is 1. The monoisotopic (exact) mass is 285 g/mol. The third-order valence-corrected chi connectivity index (χ3v) is 4.85. The summed E-state index contributed by atoms with van der Waals surface area (Å²) in [5.74, 6) is -1.10. The van der Waals surface area contributed by atoms with Crippen LogP contribution in [0, 0.1) is 0 Å². The van der Waals surface area contributed by atoms with Crippen molar-refractivity contribution in [3.8, 4) is 0 Å². The Kier molecular flexibility index (Phi) is 5.50. The van der Waals surface area contributed by atoms with E-state index in [-0.39, 0.29) is 18.7 Å². The fourth-order valence-electron chi connectivity index (χ4n) is 2.00. The van der Waals surface area contributed by atoms with E-state index in [1.807, 2.05) is 6.07 Å². The summed E-state index contributed by atoms with van der Waals surface area (Å²) in [6.07, 6.45) is -0.193. The Morgan fingerprint density at radius 3 is 2.37 bits per heavy atom. The third kappa shape index (κ3) is 4.65. The Hall–Kier alpha value is -1.40. The van der Waals surface area contributed by atoms with Crippen molar-refractivity contribution >= 4 is 16.0 Å². The van der Waals surface area contributed by atoms with Crippen LogP contribution >= 0.6 is 0 Å². The summed E-state index contributed by atoms with van der Waals surface area (Å²) in [4.78, 5) is 10.7. The molecule has 0 aliphatic rings. The van der Waals surface area contributed by atoms with E-state index in [2.05, 4.69) is 0 Å². The highest BCUT2D eigenvalue weighted by molar-refractivity contribution is 7.88. The second-order valence-electron chi connectivity index (χ2n) is 4.39. The van der Waals surface area contributed by atoms with Gasteiger partial charge in [0.15, 0.2) is 0 Å². The lowest BCUT2D eigenvalue weighted by molar-refractivity contribution is -0.137. The number of hydrogen-bond donors (Lipinski definition) is 1. The highest BCUT2D eigenvalue weighted by atomic mass is 32.2. The maximum absolute atomic E-state index is 12.3. The molecule has 0 radical (unpaired) electrons. The largest absolute Gasteiger partial charge is 0.481 e. The van der Waals surface area contributed by atoms with Crippen molar-refractivity contribution in [3.63, 3.8) is 0 Å². The third-order valence-electron chi connectivity index (χ3n) is 2.82. The van der Waals surface area contributed by atoms with Crippen LogP contribution in [-0.4, -0.2) is 36.4 Å². The molecule has 0 aliphatic heterocycles. The van der Waals surface area contributed by atoms with Gasteiger partial charge in [-0.3, -0.25) is 4.79 Å². The topological polar surface area (TPSA) is 74.7 Å². The first-order valence-corrected chi connectivity index (χ1v) is 7.73. The predicted molar refractivity (Wildman–Crippen MR) is 73.2 cm³/mol. The predicted octanol–water partition coefficient (Wildman–Crippen LogP) is 1.70. The van der Waals surface area contributed by atoms with Crippen LogP contribution in [0.2, 0.25) is 0 Å². The lowest BCUT2D eigenvalue weighted by Crippen LogP contribution is -2.40. The van der Waals surface area contributed by atoms with Gasteiger partial charge in [0.25, 0.3) is 0 Å². The van der Waals surface area contributed by atoms with Gasteiger partial charge in [0.05, 0.1) is 12.2 Å². The van der Waals surface area contributed by atoms with Crippen molar-refractivity contribution in [2.45, 2.75) is 32.1 Å². The number of sulfonamides is 1. The highest BCUT2D eigenvalue weighted by Gasteiger charge is 2.27. The minimum absolute atomic E-state index is 0.106. The number of carboxylic acids is 1. The average molecular weight is 285 g/mol. The molecular weight excluding hydrogens is 266 g/mol. The number of hydrogen-bond acceptors (Lipinski definition) is 3. The standard InChI is InChI=1S/C13H19NO4S/c1-3-14(11(2)9-13(15)16)19(17,18)10-12-7-5-4-6-8-12/h4-8,11H,3,9-10H2,1-2H3,(H,15,16). The van der Waals surface area contributed by atoms with E-state index in [9.17, 15) is 13.2 Å². The summed E-state index contributed by atoms with van der Waals surface area (Å²) in [5, 5.41) is 8.76. The summed E-state index contributed by atoms with van der Waals surface area (Å²) in [6.45, 7) is 3.59. The zero-order valence-corrected chi connectivity index (χ0v) is 11.9. The van der Waals surface area contributed by atoms with Crippen LogP contribution in [0.3, 0.4) is 0 Å². The quantitative estimate of drug-likeness (QED) is 0.827. The fourth-order valence-corrected chi connectivity index (χ4v) is 3.80. The van der Waals surface area contributed by atoms with Gasteiger partial charge in [0.2, 0.25) is 10.0 Å². The van der Waals surface area contributed by atoms with E-state index in [1.165, 1.54) is 4.31 Å². The smallest absolute Gasteiger partial charge is 0.304 e. The first kappa shape index (κ1) is 15.7. The van der Waals surface area contributed by atoms with Gasteiger partial charge in [-0.1, -0.05) is 37.3 Å². The molecule has 0 bridgehead atoms. The molecule has 1 aromatic carbocycles. The Morgan fingerprint density at radius 2 is 1.89 bits per heavy atom. The van der Waals surface area contributed by atoms with Gasteiger partial charge >= 0.3 is 5.97 Å². The van der Waals surface area contributed by atoms with Gasteiger partial charge in [-0.15, -0.1) is 0 Å². The van der Waals surface area contributed by atoms with Crippen LogP contribution < -0.4 is 0 Å². The van der Waals surface area contributed by atoms with Crippen LogP contribution in [-0.2, 0) is 20.6 Å². The zero-order valence-electron chi connectivity index (χ0n) is 11.1. The summed E-state index contributed by atoms with van der Waals surface area (Å²) in [6, 6.07) is 8.32. The maximum atomic E-state index is 12.3. The second kappa shape index (κ2) is 6.68. The van der Waals surface area contributed by atoms with Crippen molar-refractivity contribution < 1.29 is 18.3 Å². The van der Waals surface area contributed by atoms with Crippen molar-refractivity contribution in [2.75, 3.05) is 6.54 Å². The number of carbonyl (C=O) groups is 1. The van der Waals surface area contributed by atoms with Gasteiger partial charge < -0.3 is 5.11 Å². The van der Waals surface area contributed by atoms with Gasteiger partial charge in [-0.05, 0) is 12.5 Å². The molecule has 0 amide bonds. The van der Waals surface area contributed by atoms with Crippen LogP contribution in [0.4, 0.5) is 0 Å². The molecule has 106 valence electrons. The van der Waals surface area contributed by atoms with E-state index in [1.54, 1.807) is 38.1 Å². The minimum atomic E-state index is -3.50. The molecule has 0 aromatic heterocycles. The first-order chi connectivity index (χ1) is 8.86. The fraction of sp³-hybridized carbons (Fsp3) is 0.462. The summed E-state index contributed by atoms with van der Waals surface area (Å²) in [5.41, 5.74) is 0.698. The lowest BCUT2D eigenvalue weighted by Gasteiger charge is -2.26. The summed E-state index contributed by atoms with van der Waals surface area (Å²) >= 11 is 0. The molecule has 0 spiro atoms. The van der Waals surface area contributed by atoms with Crippen LogP contribution in [0.5, 0.6) is 0 Å². The van der Waals surface area contributed by atoms with Gasteiger partial charge in [-0.25, -0.2) is 8.42 Å². The number of benzene rings is 1. The molecule has 1 atom stereocenters. The highest BCUT2D eigenvalue weighted by Crippen LogP contribution is 2.15. The molecule has 0 aliphatic carbocycles. The Morgan fingerprint density at radius 1 is 1.32 bits per heavy atom. The van der Waals surface area contributed by atoms with Gasteiger partial charge in [0.1, 0.15) is 0 Å². The van der Waals surface area contributed by atoms with E-state index >= 15 is 0 Å². The number of nitrogens with zero attached hydrogens (tertiary/aromatic N) is 1. The Bertz CT molecular complexity index is 513. The van der Waals surface area contributed by atoms with Crippen molar-refractivity contribution in [1.82, 2.24) is 4.31 Å². The molecule has 0 fully saturated rings. The molecule has 0 heterocycles. The second-order valence-corrected chi connectivity index (χ2v) is 6.31. The van der Waals surface area contributed by atoms with E-state index in [4.69, 9.17) is 5.11 Å². The average Bonchev–Trinajstić information content (AvgIpc) is 2.28. The van der Waals surface area contributed by atoms with Crippen LogP contribution in [0.25, 0.3) is 0 Å². The number of aliphatic carboxylic acids is 1. The van der Waals surface area contributed by atoms with E-state index < -0.39 is 22.0 Å². The minimum Gasteiger partial charge on any atom is -0.481 e. The molecule has 0 saturated heterocycles. The van der Waals surface area contributed by atoms with Crippen molar-refractivity contribution in [1.29, 1.82) is 0 Å². The van der Waals surface area contributed by atoms with Gasteiger partial charge in [0, 0.05) is 12.6 Å². The molecule has 1 N–H and O–H groups in total. The molecule has 1 rings (SSSR count). The molecule has 1 aromatic rings. The normalized spacial score (nSPS) is 13.4. The molecule has 0 saturated carbocycles. The van der Waals surface area contributed by atoms with Crippen molar-refractivity contribution in [3.05, 3.63) is 35.9 Å².